The van der Waals surface area contributed by atoms with Crippen LogP contribution >= 0.6 is 0 Å². The fourth-order valence-corrected chi connectivity index (χ4v) is 5.61. The van der Waals surface area contributed by atoms with Crippen LogP contribution in [0.15, 0.2) is 101 Å². The van der Waals surface area contributed by atoms with Crippen molar-refractivity contribution in [2.24, 2.45) is 15.3 Å². The molecule has 5 rings (SSSR count). The minimum atomic E-state index is -5.00. The van der Waals surface area contributed by atoms with E-state index in [9.17, 15) is 65.7 Å². The molecule has 0 spiro atoms. The number of fused-ring (bicyclic) bond motifs is 1. The van der Waals surface area contributed by atoms with Crippen molar-refractivity contribution in [3.05, 3.63) is 134 Å². The number of carbonyl (C=O) groups is 1. The highest BCUT2D eigenvalue weighted by molar-refractivity contribution is 7.91. The molecule has 0 saturated heterocycles. The minimum absolute atomic E-state index is 0.0138. The van der Waals surface area contributed by atoms with Crippen LogP contribution in [0, 0.1) is 20.2 Å². The quantitative estimate of drug-likeness (QED) is 0.0564. The van der Waals surface area contributed by atoms with E-state index in [1.807, 2.05) is 0 Å². The predicted molar refractivity (Wildman–Crippen MR) is 179 cm³/mol. The van der Waals surface area contributed by atoms with Crippen molar-refractivity contribution in [1.29, 1.82) is 0 Å². The summed E-state index contributed by atoms with van der Waals surface area (Å²) in [7, 11) is -9.99. The van der Waals surface area contributed by atoms with E-state index in [0.717, 1.165) is 36.4 Å². The highest BCUT2D eigenvalue weighted by atomic mass is 32.2. The number of nitrogens with zero attached hydrogens (tertiary/aromatic N) is 5. The molecule has 1 aliphatic carbocycles. The average molecular weight is 755 g/mol. The molecule has 0 unspecified atom stereocenters. The normalized spacial score (nSPS) is 14.5. The molecule has 0 aromatic heterocycles. The summed E-state index contributed by atoms with van der Waals surface area (Å²) < 4.78 is 66.4. The SMILES string of the molecule is O=C1C(=NNc2ccc([N+](=O)[O-])cc2)C(S(=O)(=O)O)=Cc2ccc(NN=c3c(=O)ccc(=NNc4cc(S(=O)(=O)O)cc([N+](=O)[O-])c4O)c3=O)cc21. The van der Waals surface area contributed by atoms with Gasteiger partial charge in [0.05, 0.1) is 21.2 Å². The van der Waals surface area contributed by atoms with E-state index in [-0.39, 0.29) is 28.2 Å². The van der Waals surface area contributed by atoms with Gasteiger partial charge < -0.3 is 5.11 Å². The van der Waals surface area contributed by atoms with Gasteiger partial charge in [0.1, 0.15) is 20.8 Å². The summed E-state index contributed by atoms with van der Waals surface area (Å²) in [6, 6.07) is 11.1. The van der Waals surface area contributed by atoms with Gasteiger partial charge in [0.15, 0.2) is 11.1 Å². The number of carbonyl (C=O) groups excluding carboxylic acids is 1. The lowest BCUT2D eigenvalue weighted by Gasteiger charge is -2.17. The van der Waals surface area contributed by atoms with Gasteiger partial charge >= 0.3 is 5.69 Å². The second-order valence-electron chi connectivity index (χ2n) is 10.3. The number of phenolic OH excluding ortho intramolecular Hbond substituents is 1. The fourth-order valence-electron chi connectivity index (χ4n) is 4.42. The third-order valence-corrected chi connectivity index (χ3v) is 8.61. The monoisotopic (exact) mass is 754 g/mol. The van der Waals surface area contributed by atoms with Gasteiger partial charge in [-0.3, -0.25) is 60.0 Å². The van der Waals surface area contributed by atoms with Gasteiger partial charge in [-0.15, -0.1) is 0 Å². The highest BCUT2D eigenvalue weighted by Gasteiger charge is 2.33. The molecule has 1 aliphatic rings. The third kappa shape index (κ3) is 7.58. The first-order chi connectivity index (χ1) is 24.3. The number of hydrazone groups is 1. The Hall–Kier alpha value is -7.02. The van der Waals surface area contributed by atoms with Crippen LogP contribution in [0.3, 0.4) is 0 Å². The summed E-state index contributed by atoms with van der Waals surface area (Å²) in [6.45, 7) is 0. The van der Waals surface area contributed by atoms with Crippen molar-refractivity contribution in [3.63, 3.8) is 0 Å². The lowest BCUT2D eigenvalue weighted by atomic mass is 9.94. The van der Waals surface area contributed by atoms with Gasteiger partial charge in [0.25, 0.3) is 25.9 Å². The fraction of sp³-hybridized carbons (Fsp3) is 0. The van der Waals surface area contributed by atoms with Gasteiger partial charge in [0, 0.05) is 23.8 Å². The zero-order valence-corrected chi connectivity index (χ0v) is 26.9. The number of aromatic hydroxyl groups is 1. The molecule has 0 aliphatic heterocycles. The molecule has 0 heterocycles. The molecule has 0 amide bonds. The number of nitro groups is 2. The van der Waals surface area contributed by atoms with Crippen molar-refractivity contribution in [1.82, 2.24) is 0 Å². The predicted octanol–water partition coefficient (Wildman–Crippen LogP) is 0.800. The first-order valence-corrected chi connectivity index (χ1v) is 16.6. The zero-order chi connectivity index (χ0) is 38.1. The van der Waals surface area contributed by atoms with Gasteiger partial charge in [0.2, 0.25) is 22.4 Å². The third-order valence-electron chi connectivity index (χ3n) is 6.91. The Balaban J connectivity index is 1.48. The van der Waals surface area contributed by atoms with Crippen molar-refractivity contribution in [2.45, 2.75) is 4.90 Å². The van der Waals surface area contributed by atoms with Crippen molar-refractivity contribution >= 4 is 66.2 Å². The maximum absolute atomic E-state index is 13.4. The van der Waals surface area contributed by atoms with Gasteiger partial charge in [-0.2, -0.15) is 32.1 Å². The number of ketones is 1. The summed E-state index contributed by atoms with van der Waals surface area (Å²) in [5.41, 5.74) is 1.90. The summed E-state index contributed by atoms with van der Waals surface area (Å²) in [5, 5.41) is 42.2. The maximum atomic E-state index is 13.4. The molecule has 0 fully saturated rings. The summed E-state index contributed by atoms with van der Waals surface area (Å²) in [4.78, 5) is 57.5. The Morgan fingerprint density at radius 2 is 1.37 bits per heavy atom. The first-order valence-electron chi connectivity index (χ1n) is 13.7. The van der Waals surface area contributed by atoms with Crippen LogP contribution in [0.5, 0.6) is 5.75 Å². The Morgan fingerprint density at radius 3 is 1.98 bits per heavy atom. The van der Waals surface area contributed by atoms with E-state index >= 15 is 0 Å². The molecule has 266 valence electrons. The van der Waals surface area contributed by atoms with E-state index in [2.05, 4.69) is 31.6 Å². The molecule has 0 saturated carbocycles. The van der Waals surface area contributed by atoms with Crippen LogP contribution in [0.4, 0.5) is 28.4 Å². The Morgan fingerprint density at radius 1 is 0.712 bits per heavy atom. The minimum Gasteiger partial charge on any atom is -0.501 e. The smallest absolute Gasteiger partial charge is 0.314 e. The molecule has 0 bridgehead atoms. The molecular weight excluding hydrogens is 736 g/mol. The maximum Gasteiger partial charge on any atom is 0.314 e. The number of nitrogens with one attached hydrogen (secondary N) is 3. The van der Waals surface area contributed by atoms with Crippen LogP contribution in [0.1, 0.15) is 15.9 Å². The van der Waals surface area contributed by atoms with E-state index in [0.29, 0.717) is 12.1 Å². The average Bonchev–Trinajstić information content (AvgIpc) is 3.07. The number of Topliss-reactive ketones (excluding diaryl/α,β-unsaturated/α-hetero) is 1. The van der Waals surface area contributed by atoms with E-state index in [4.69, 9.17) is 0 Å². The van der Waals surface area contributed by atoms with E-state index < -0.39 is 90.1 Å². The van der Waals surface area contributed by atoms with Crippen LogP contribution in [0.25, 0.3) is 6.08 Å². The van der Waals surface area contributed by atoms with Crippen LogP contribution in [0.2, 0.25) is 0 Å². The van der Waals surface area contributed by atoms with Gasteiger partial charge in [-0.05, 0) is 54.1 Å². The van der Waals surface area contributed by atoms with Crippen molar-refractivity contribution in [3.8, 4) is 5.75 Å². The number of rotatable bonds is 10. The number of hydrogen-bond acceptors (Lipinski definition) is 18. The lowest BCUT2D eigenvalue weighted by molar-refractivity contribution is -0.386. The Kier molecular flexibility index (Phi) is 9.56. The summed E-state index contributed by atoms with van der Waals surface area (Å²) in [6.07, 6.45) is 0.949. The number of nitro benzene ring substituents is 2. The molecule has 4 aromatic rings. The number of phenols is 1. The largest absolute Gasteiger partial charge is 0.501 e. The van der Waals surface area contributed by atoms with Gasteiger partial charge in [-0.25, -0.2) is 0 Å². The summed E-state index contributed by atoms with van der Waals surface area (Å²) >= 11 is 0. The highest BCUT2D eigenvalue weighted by Crippen LogP contribution is 2.36. The number of anilines is 3. The molecule has 6 N–H and O–H groups in total. The van der Waals surface area contributed by atoms with E-state index in [1.54, 1.807) is 0 Å². The lowest BCUT2D eigenvalue weighted by Crippen LogP contribution is -2.48. The number of allylic oxidation sites excluding steroid dienone is 1. The molecule has 4 aromatic carbocycles. The number of non-ortho nitro benzene ring substituents is 1. The molecular formula is C28H18N8O14S2. The summed E-state index contributed by atoms with van der Waals surface area (Å²) in [5.74, 6) is -2.11. The Bertz CT molecular complexity index is 2740. The van der Waals surface area contributed by atoms with E-state index in [1.165, 1.54) is 24.3 Å². The first kappa shape index (κ1) is 36.3. The van der Waals surface area contributed by atoms with Crippen molar-refractivity contribution < 1.29 is 45.7 Å². The standard InChI is InChI=1S/C28H18N8O14S2/c37-22-8-7-19(31-32-20-11-17(51(45,46)47)12-21(27(20)39)36(43)44)28(40)24(22)33-30-15-2-1-13-9-23(52(48,49)50)25(26(38)18(13)10-15)34-29-14-3-5-16(6-4-14)35(41)42/h1-12,29-30,32,39H,(H,45,46,47)(H,48,49,50). The molecule has 24 heteroatoms. The van der Waals surface area contributed by atoms with Gasteiger partial charge in [-0.1, -0.05) is 6.07 Å². The Labute approximate surface area is 287 Å². The second-order valence-corrected chi connectivity index (χ2v) is 13.1. The number of benzene rings is 4. The molecule has 0 radical (unpaired) electrons. The topological polar surface area (TPSA) is 340 Å². The van der Waals surface area contributed by atoms with Crippen molar-refractivity contribution in [2.75, 3.05) is 16.3 Å². The molecule has 52 heavy (non-hydrogen) atoms. The number of hydrogen-bond donors (Lipinski definition) is 6. The second kappa shape index (κ2) is 13.7. The van der Waals surface area contributed by atoms with Crippen LogP contribution in [-0.2, 0) is 20.2 Å². The van der Waals surface area contributed by atoms with Crippen LogP contribution < -0.4 is 37.8 Å². The molecule has 22 nitrogen and oxygen atoms in total. The molecule has 0 atom stereocenters. The van der Waals surface area contributed by atoms with Crippen LogP contribution in [-0.4, -0.2) is 52.4 Å². The zero-order valence-electron chi connectivity index (χ0n) is 25.3.